The van der Waals surface area contributed by atoms with Crippen molar-refractivity contribution in [3.63, 3.8) is 0 Å². The summed E-state index contributed by atoms with van der Waals surface area (Å²) in [6.07, 6.45) is 0. The number of benzene rings is 2. The highest BCUT2D eigenvalue weighted by atomic mass is 35.5. The summed E-state index contributed by atoms with van der Waals surface area (Å²) in [6.45, 7) is 0. The Labute approximate surface area is 129 Å². The van der Waals surface area contributed by atoms with Crippen LogP contribution in [0.15, 0.2) is 40.9 Å². The first-order chi connectivity index (χ1) is 10.1. The molecule has 0 bridgehead atoms. The molecule has 0 unspecified atom stereocenters. The molecular weight excluding hydrogens is 316 g/mol. The van der Waals surface area contributed by atoms with E-state index in [9.17, 15) is 4.39 Å². The minimum Gasteiger partial charge on any atom is -0.397 e. The molecule has 3 aromatic rings. The van der Waals surface area contributed by atoms with Gasteiger partial charge in [0.25, 0.3) is 5.89 Å². The third-order valence-electron chi connectivity index (χ3n) is 2.88. The van der Waals surface area contributed by atoms with Crippen molar-refractivity contribution >= 4 is 28.9 Å². The highest BCUT2D eigenvalue weighted by Crippen LogP contribution is 2.37. The van der Waals surface area contributed by atoms with E-state index in [4.69, 9.17) is 33.5 Å². The SMILES string of the molecule is Nc1c(Cl)ccc(Cl)c1-c1nc(-c2ccc(F)cc2)no1. The third-order valence-corrected chi connectivity index (χ3v) is 3.53. The average molecular weight is 324 g/mol. The number of nitrogen functional groups attached to an aromatic ring is 1. The predicted molar refractivity (Wildman–Crippen MR) is 79.6 cm³/mol. The fourth-order valence-electron chi connectivity index (χ4n) is 1.83. The summed E-state index contributed by atoms with van der Waals surface area (Å²) < 4.78 is 18.1. The van der Waals surface area contributed by atoms with Gasteiger partial charge in [0, 0.05) is 5.56 Å². The van der Waals surface area contributed by atoms with E-state index in [1.165, 1.54) is 12.1 Å². The van der Waals surface area contributed by atoms with Crippen molar-refractivity contribution in [2.75, 3.05) is 5.73 Å². The van der Waals surface area contributed by atoms with E-state index in [0.29, 0.717) is 27.0 Å². The van der Waals surface area contributed by atoms with Crippen LogP contribution in [0.2, 0.25) is 10.0 Å². The zero-order chi connectivity index (χ0) is 15.0. The monoisotopic (exact) mass is 323 g/mol. The molecule has 4 nitrogen and oxygen atoms in total. The number of aromatic nitrogens is 2. The van der Waals surface area contributed by atoms with Crippen molar-refractivity contribution in [1.82, 2.24) is 10.1 Å². The average Bonchev–Trinajstić information content (AvgIpc) is 2.94. The Morgan fingerprint density at radius 1 is 1.00 bits per heavy atom. The molecule has 0 saturated carbocycles. The lowest BCUT2D eigenvalue weighted by molar-refractivity contribution is 0.432. The summed E-state index contributed by atoms with van der Waals surface area (Å²) in [6, 6.07) is 8.90. The highest BCUT2D eigenvalue weighted by molar-refractivity contribution is 6.37. The van der Waals surface area contributed by atoms with Gasteiger partial charge in [0.05, 0.1) is 21.3 Å². The molecule has 0 spiro atoms. The Bertz CT molecular complexity index is 802. The van der Waals surface area contributed by atoms with Crippen LogP contribution in [-0.4, -0.2) is 10.1 Å². The molecule has 2 aromatic carbocycles. The molecule has 106 valence electrons. The van der Waals surface area contributed by atoms with E-state index >= 15 is 0 Å². The van der Waals surface area contributed by atoms with Gasteiger partial charge in [-0.2, -0.15) is 4.98 Å². The van der Waals surface area contributed by atoms with Crippen LogP contribution < -0.4 is 5.73 Å². The molecule has 1 aromatic heterocycles. The van der Waals surface area contributed by atoms with Gasteiger partial charge in [0.2, 0.25) is 5.82 Å². The van der Waals surface area contributed by atoms with Gasteiger partial charge in [-0.25, -0.2) is 4.39 Å². The molecule has 0 atom stereocenters. The lowest BCUT2D eigenvalue weighted by atomic mass is 10.1. The van der Waals surface area contributed by atoms with Gasteiger partial charge in [0.15, 0.2) is 0 Å². The maximum atomic E-state index is 12.9. The lowest BCUT2D eigenvalue weighted by Crippen LogP contribution is -1.92. The van der Waals surface area contributed by atoms with Crippen LogP contribution in [0, 0.1) is 5.82 Å². The van der Waals surface area contributed by atoms with Gasteiger partial charge >= 0.3 is 0 Å². The highest BCUT2D eigenvalue weighted by Gasteiger charge is 2.18. The molecule has 0 aliphatic rings. The normalized spacial score (nSPS) is 10.8. The van der Waals surface area contributed by atoms with E-state index in [1.807, 2.05) is 0 Å². The van der Waals surface area contributed by atoms with E-state index in [1.54, 1.807) is 24.3 Å². The number of nitrogens with zero attached hydrogens (tertiary/aromatic N) is 2. The van der Waals surface area contributed by atoms with Crippen LogP contribution in [0.5, 0.6) is 0 Å². The quantitative estimate of drug-likeness (QED) is 0.708. The fraction of sp³-hybridized carbons (Fsp3) is 0. The molecule has 2 N–H and O–H groups in total. The fourth-order valence-corrected chi connectivity index (χ4v) is 2.23. The topological polar surface area (TPSA) is 64.9 Å². The first-order valence-electron chi connectivity index (χ1n) is 5.90. The number of rotatable bonds is 2. The minimum atomic E-state index is -0.343. The van der Waals surface area contributed by atoms with E-state index < -0.39 is 0 Å². The van der Waals surface area contributed by atoms with Crippen LogP contribution in [0.1, 0.15) is 0 Å². The van der Waals surface area contributed by atoms with Crippen LogP contribution in [-0.2, 0) is 0 Å². The molecule has 1 heterocycles. The number of hydrogen-bond acceptors (Lipinski definition) is 4. The molecule has 0 saturated heterocycles. The van der Waals surface area contributed by atoms with Gasteiger partial charge < -0.3 is 10.3 Å². The van der Waals surface area contributed by atoms with Crippen molar-refractivity contribution in [3.8, 4) is 22.8 Å². The molecule has 21 heavy (non-hydrogen) atoms. The minimum absolute atomic E-state index is 0.152. The maximum Gasteiger partial charge on any atom is 0.261 e. The second-order valence-electron chi connectivity index (χ2n) is 4.25. The first kappa shape index (κ1) is 13.9. The largest absolute Gasteiger partial charge is 0.397 e. The molecular formula is C14H8Cl2FN3O. The Kier molecular flexibility index (Phi) is 3.53. The molecule has 0 radical (unpaired) electrons. The molecule has 0 aliphatic heterocycles. The van der Waals surface area contributed by atoms with Crippen LogP contribution >= 0.6 is 23.2 Å². The van der Waals surface area contributed by atoms with Gasteiger partial charge in [-0.05, 0) is 36.4 Å². The predicted octanol–water partition coefficient (Wildman–Crippen LogP) is 4.43. The standard InChI is InChI=1S/C14H8Cl2FN3O/c15-9-5-6-10(16)12(18)11(9)14-19-13(20-21-14)7-1-3-8(17)4-2-7/h1-6H,18H2. The molecule has 0 amide bonds. The lowest BCUT2D eigenvalue weighted by Gasteiger charge is -2.04. The Balaban J connectivity index is 2.07. The number of hydrogen-bond donors (Lipinski definition) is 1. The molecule has 0 aliphatic carbocycles. The van der Waals surface area contributed by atoms with Crippen molar-refractivity contribution in [2.45, 2.75) is 0 Å². The van der Waals surface area contributed by atoms with Crippen molar-refractivity contribution in [1.29, 1.82) is 0 Å². The van der Waals surface area contributed by atoms with Crippen LogP contribution in [0.4, 0.5) is 10.1 Å². The van der Waals surface area contributed by atoms with E-state index in [-0.39, 0.29) is 17.4 Å². The van der Waals surface area contributed by atoms with Crippen molar-refractivity contribution < 1.29 is 8.91 Å². The second kappa shape index (κ2) is 5.35. The van der Waals surface area contributed by atoms with Gasteiger partial charge in [-0.15, -0.1) is 0 Å². The summed E-state index contributed by atoms with van der Waals surface area (Å²) >= 11 is 12.1. The molecule has 3 rings (SSSR count). The summed E-state index contributed by atoms with van der Waals surface area (Å²) in [7, 11) is 0. The summed E-state index contributed by atoms with van der Waals surface area (Å²) in [5, 5.41) is 4.53. The van der Waals surface area contributed by atoms with E-state index in [0.717, 1.165) is 0 Å². The van der Waals surface area contributed by atoms with Gasteiger partial charge in [-0.3, -0.25) is 0 Å². The zero-order valence-corrected chi connectivity index (χ0v) is 12.0. The number of nitrogens with two attached hydrogens (primary N) is 1. The third kappa shape index (κ3) is 2.57. The first-order valence-corrected chi connectivity index (χ1v) is 6.65. The van der Waals surface area contributed by atoms with Crippen molar-refractivity contribution in [3.05, 3.63) is 52.3 Å². The second-order valence-corrected chi connectivity index (χ2v) is 5.06. The Hall–Kier alpha value is -2.11. The summed E-state index contributed by atoms with van der Waals surface area (Å²) in [4.78, 5) is 4.22. The smallest absolute Gasteiger partial charge is 0.261 e. The summed E-state index contributed by atoms with van der Waals surface area (Å²) in [5.41, 5.74) is 7.15. The Morgan fingerprint density at radius 2 is 1.67 bits per heavy atom. The van der Waals surface area contributed by atoms with E-state index in [2.05, 4.69) is 10.1 Å². The number of anilines is 1. The maximum absolute atomic E-state index is 12.9. The molecule has 0 fully saturated rings. The zero-order valence-electron chi connectivity index (χ0n) is 10.5. The van der Waals surface area contributed by atoms with Crippen LogP contribution in [0.3, 0.4) is 0 Å². The summed E-state index contributed by atoms with van der Waals surface area (Å²) in [5.74, 6) is 0.115. The van der Waals surface area contributed by atoms with Crippen LogP contribution in [0.25, 0.3) is 22.8 Å². The van der Waals surface area contributed by atoms with Gasteiger partial charge in [-0.1, -0.05) is 28.4 Å². The van der Waals surface area contributed by atoms with Crippen molar-refractivity contribution in [2.24, 2.45) is 0 Å². The molecule has 7 heteroatoms. The van der Waals surface area contributed by atoms with Gasteiger partial charge in [0.1, 0.15) is 5.82 Å². The number of halogens is 3. The Morgan fingerprint density at radius 3 is 2.38 bits per heavy atom.